The molecule has 0 N–H and O–H groups in total. The van der Waals surface area contributed by atoms with E-state index in [2.05, 4.69) is 11.1 Å². The number of carbonyl (C=O) groups excluding carboxylic acids is 1. The Morgan fingerprint density at radius 1 is 1.42 bits per heavy atom. The van der Waals surface area contributed by atoms with E-state index in [0.29, 0.717) is 19.7 Å². The Bertz CT molecular complexity index is 727. The molecule has 1 fully saturated rings. The molecule has 1 aromatic carbocycles. The number of ether oxygens (including phenoxy) is 1. The fourth-order valence-corrected chi connectivity index (χ4v) is 3.68. The maximum atomic E-state index is 12.8. The van der Waals surface area contributed by atoms with Gasteiger partial charge in [0.2, 0.25) is 0 Å². The number of rotatable bonds is 4. The number of aromatic nitrogens is 2. The van der Waals surface area contributed by atoms with Crippen molar-refractivity contribution in [2.75, 3.05) is 19.7 Å². The van der Waals surface area contributed by atoms with Crippen molar-refractivity contribution < 1.29 is 9.53 Å². The second-order valence-electron chi connectivity index (χ2n) is 6.64. The molecule has 2 aromatic rings. The monoisotopic (exact) mass is 345 g/mol. The SMILES string of the molecule is Cn1ccnc1SCc1cccc(C(=O)N2CCOC(C)(C)C2)c1. The average molecular weight is 345 g/mol. The Labute approximate surface area is 147 Å². The Morgan fingerprint density at radius 3 is 2.96 bits per heavy atom. The van der Waals surface area contributed by atoms with E-state index in [1.54, 1.807) is 18.0 Å². The predicted molar refractivity (Wildman–Crippen MR) is 95.1 cm³/mol. The first-order valence-corrected chi connectivity index (χ1v) is 9.05. The summed E-state index contributed by atoms with van der Waals surface area (Å²) in [4.78, 5) is 19.0. The van der Waals surface area contributed by atoms with Gasteiger partial charge in [0, 0.05) is 43.8 Å². The number of carbonyl (C=O) groups is 1. The van der Waals surface area contributed by atoms with Crippen molar-refractivity contribution in [3.63, 3.8) is 0 Å². The molecule has 0 radical (unpaired) electrons. The van der Waals surface area contributed by atoms with E-state index >= 15 is 0 Å². The van der Waals surface area contributed by atoms with Crippen molar-refractivity contribution in [1.29, 1.82) is 0 Å². The molecule has 0 unspecified atom stereocenters. The van der Waals surface area contributed by atoms with Crippen LogP contribution in [-0.2, 0) is 17.5 Å². The summed E-state index contributed by atoms with van der Waals surface area (Å²) in [5.41, 5.74) is 1.59. The zero-order valence-corrected chi connectivity index (χ0v) is 15.2. The number of aryl methyl sites for hydroxylation is 1. The minimum Gasteiger partial charge on any atom is -0.372 e. The third-order valence-corrected chi connectivity index (χ3v) is 5.16. The van der Waals surface area contributed by atoms with Crippen LogP contribution in [0.5, 0.6) is 0 Å². The molecule has 0 spiro atoms. The van der Waals surface area contributed by atoms with Crippen molar-refractivity contribution in [2.24, 2.45) is 7.05 Å². The van der Waals surface area contributed by atoms with E-state index in [1.807, 2.05) is 54.8 Å². The minimum atomic E-state index is -0.278. The Morgan fingerprint density at radius 2 is 2.25 bits per heavy atom. The number of nitrogens with zero attached hydrogens (tertiary/aromatic N) is 3. The molecule has 128 valence electrons. The van der Waals surface area contributed by atoms with Crippen molar-refractivity contribution >= 4 is 17.7 Å². The van der Waals surface area contributed by atoms with Crippen LogP contribution in [0.4, 0.5) is 0 Å². The highest BCUT2D eigenvalue weighted by atomic mass is 32.2. The first-order valence-electron chi connectivity index (χ1n) is 8.07. The largest absolute Gasteiger partial charge is 0.372 e. The molecule has 1 saturated heterocycles. The van der Waals surface area contributed by atoms with Gasteiger partial charge in [-0.15, -0.1) is 0 Å². The quantitative estimate of drug-likeness (QED) is 0.800. The van der Waals surface area contributed by atoms with Gasteiger partial charge in [-0.3, -0.25) is 4.79 Å². The number of imidazole rings is 1. The normalized spacial score (nSPS) is 17.0. The van der Waals surface area contributed by atoms with Gasteiger partial charge in [0.25, 0.3) is 5.91 Å². The van der Waals surface area contributed by atoms with Crippen molar-refractivity contribution in [1.82, 2.24) is 14.5 Å². The fraction of sp³-hybridized carbons (Fsp3) is 0.444. The van der Waals surface area contributed by atoms with Gasteiger partial charge in [-0.2, -0.15) is 0 Å². The van der Waals surface area contributed by atoms with Gasteiger partial charge in [0.15, 0.2) is 5.16 Å². The third kappa shape index (κ3) is 3.99. The van der Waals surface area contributed by atoms with Crippen molar-refractivity contribution in [2.45, 2.75) is 30.4 Å². The van der Waals surface area contributed by atoms with Gasteiger partial charge in [0.05, 0.1) is 12.2 Å². The van der Waals surface area contributed by atoms with Crippen molar-refractivity contribution in [3.05, 3.63) is 47.8 Å². The maximum absolute atomic E-state index is 12.8. The zero-order valence-electron chi connectivity index (χ0n) is 14.4. The topological polar surface area (TPSA) is 47.4 Å². The summed E-state index contributed by atoms with van der Waals surface area (Å²) in [5, 5.41) is 0.974. The van der Waals surface area contributed by atoms with Gasteiger partial charge in [-0.1, -0.05) is 23.9 Å². The molecule has 1 aromatic heterocycles. The highest BCUT2D eigenvalue weighted by Crippen LogP contribution is 2.22. The van der Waals surface area contributed by atoms with Gasteiger partial charge < -0.3 is 14.2 Å². The Kier molecular flexibility index (Phi) is 4.96. The number of morpholine rings is 1. The molecule has 1 aliphatic rings. The summed E-state index contributed by atoms with van der Waals surface area (Å²) in [6.45, 7) is 5.90. The molecule has 0 bridgehead atoms. The molecule has 3 rings (SSSR count). The molecule has 0 atom stereocenters. The number of thioether (sulfide) groups is 1. The van der Waals surface area contributed by atoms with Crippen LogP contribution < -0.4 is 0 Å². The lowest BCUT2D eigenvalue weighted by atomic mass is 10.1. The van der Waals surface area contributed by atoms with Crippen LogP contribution in [-0.4, -0.2) is 45.7 Å². The molecule has 24 heavy (non-hydrogen) atoms. The standard InChI is InChI=1S/C18H23N3O2S/c1-18(2)13-21(9-10-23-18)16(22)15-6-4-5-14(11-15)12-24-17-19-7-8-20(17)3/h4-8,11H,9-10,12-13H2,1-3H3. The van der Waals surface area contributed by atoms with E-state index in [0.717, 1.165) is 22.0 Å². The molecule has 2 heterocycles. The van der Waals surface area contributed by atoms with E-state index in [9.17, 15) is 4.79 Å². The minimum absolute atomic E-state index is 0.0789. The van der Waals surface area contributed by atoms with Crippen LogP contribution >= 0.6 is 11.8 Å². The van der Waals surface area contributed by atoms with E-state index in [1.165, 1.54) is 0 Å². The van der Waals surface area contributed by atoms with Crippen LogP contribution in [0.25, 0.3) is 0 Å². The average Bonchev–Trinajstić information content (AvgIpc) is 2.97. The number of hydrogen-bond donors (Lipinski definition) is 0. The lowest BCUT2D eigenvalue weighted by molar-refractivity contribution is -0.0764. The molecule has 0 aliphatic carbocycles. The lowest BCUT2D eigenvalue weighted by Gasteiger charge is -2.38. The van der Waals surface area contributed by atoms with Gasteiger partial charge in [-0.05, 0) is 31.5 Å². The summed E-state index contributed by atoms with van der Waals surface area (Å²) < 4.78 is 7.69. The molecule has 1 amide bonds. The Hall–Kier alpha value is -1.79. The van der Waals surface area contributed by atoms with Crippen LogP contribution in [0, 0.1) is 0 Å². The highest BCUT2D eigenvalue weighted by Gasteiger charge is 2.30. The van der Waals surface area contributed by atoms with Crippen LogP contribution in [0.2, 0.25) is 0 Å². The summed E-state index contributed by atoms with van der Waals surface area (Å²) in [7, 11) is 1.98. The second kappa shape index (κ2) is 6.99. The van der Waals surface area contributed by atoms with Gasteiger partial charge in [-0.25, -0.2) is 4.98 Å². The first-order chi connectivity index (χ1) is 11.4. The van der Waals surface area contributed by atoms with E-state index in [-0.39, 0.29) is 11.5 Å². The predicted octanol–water partition coefficient (Wildman–Crippen LogP) is 2.96. The summed E-state index contributed by atoms with van der Waals surface area (Å²) in [6.07, 6.45) is 3.73. The fourth-order valence-electron chi connectivity index (χ4n) is 2.81. The molecule has 0 saturated carbocycles. The summed E-state index contributed by atoms with van der Waals surface area (Å²) >= 11 is 1.67. The van der Waals surface area contributed by atoms with E-state index < -0.39 is 0 Å². The molecular weight excluding hydrogens is 322 g/mol. The van der Waals surface area contributed by atoms with Crippen molar-refractivity contribution in [3.8, 4) is 0 Å². The molecule has 1 aliphatic heterocycles. The number of hydrogen-bond acceptors (Lipinski definition) is 4. The number of amides is 1. The van der Waals surface area contributed by atoms with Crippen LogP contribution in [0.3, 0.4) is 0 Å². The van der Waals surface area contributed by atoms with E-state index in [4.69, 9.17) is 4.74 Å². The van der Waals surface area contributed by atoms with Crippen LogP contribution in [0.15, 0.2) is 41.8 Å². The lowest BCUT2D eigenvalue weighted by Crippen LogP contribution is -2.50. The smallest absolute Gasteiger partial charge is 0.254 e. The van der Waals surface area contributed by atoms with Crippen LogP contribution in [0.1, 0.15) is 29.8 Å². The summed E-state index contributed by atoms with van der Waals surface area (Å²) in [5.74, 6) is 0.871. The Balaban J connectivity index is 1.68. The molecule has 5 nitrogen and oxygen atoms in total. The number of benzene rings is 1. The highest BCUT2D eigenvalue weighted by molar-refractivity contribution is 7.98. The summed E-state index contributed by atoms with van der Waals surface area (Å²) in [6, 6.07) is 7.88. The van der Waals surface area contributed by atoms with Gasteiger partial charge >= 0.3 is 0 Å². The molecular formula is C18H23N3O2S. The van der Waals surface area contributed by atoms with Gasteiger partial charge in [0.1, 0.15) is 0 Å². The second-order valence-corrected chi connectivity index (χ2v) is 7.59. The first kappa shape index (κ1) is 17.0. The molecule has 6 heteroatoms. The third-order valence-electron chi connectivity index (χ3n) is 4.03. The maximum Gasteiger partial charge on any atom is 0.254 e. The zero-order chi connectivity index (χ0) is 17.2.